The first-order chi connectivity index (χ1) is 12.1. The van der Waals surface area contributed by atoms with E-state index in [9.17, 15) is 4.79 Å². The summed E-state index contributed by atoms with van der Waals surface area (Å²) in [7, 11) is 0. The van der Waals surface area contributed by atoms with Crippen LogP contribution in [0.15, 0.2) is 34.7 Å². The molecule has 3 heterocycles. The minimum atomic E-state index is -0.0857. The number of hydrogen-bond acceptors (Lipinski definition) is 4. The van der Waals surface area contributed by atoms with Crippen molar-refractivity contribution in [3.63, 3.8) is 0 Å². The first kappa shape index (κ1) is 15.6. The summed E-state index contributed by atoms with van der Waals surface area (Å²) < 4.78 is 5.50. The van der Waals surface area contributed by atoms with Crippen molar-refractivity contribution in [3.05, 3.63) is 58.9 Å². The molecule has 0 spiro atoms. The standard InChI is InChI=1S/C19H20N4O2/c1-12-18(25-13(2)20-12)19(24)23-10-8-15-16(9-11-23)21-22-17(15)14-6-4-3-5-7-14/h3-7H,8-11H2,1-2H3,(H,21,22). The van der Waals surface area contributed by atoms with Gasteiger partial charge in [0.25, 0.3) is 5.91 Å². The van der Waals surface area contributed by atoms with Crippen LogP contribution in [0.5, 0.6) is 0 Å². The second-order valence-electron chi connectivity index (χ2n) is 6.33. The molecule has 0 saturated heterocycles. The maximum absolute atomic E-state index is 12.8. The van der Waals surface area contributed by atoms with Crippen molar-refractivity contribution in [2.24, 2.45) is 0 Å². The van der Waals surface area contributed by atoms with Gasteiger partial charge in [0.2, 0.25) is 5.76 Å². The molecular weight excluding hydrogens is 316 g/mol. The van der Waals surface area contributed by atoms with Crippen molar-refractivity contribution in [3.8, 4) is 11.3 Å². The molecule has 0 saturated carbocycles. The number of nitrogens with zero attached hydrogens (tertiary/aromatic N) is 3. The highest BCUT2D eigenvalue weighted by Crippen LogP contribution is 2.27. The van der Waals surface area contributed by atoms with Crippen molar-refractivity contribution in [1.29, 1.82) is 0 Å². The fourth-order valence-corrected chi connectivity index (χ4v) is 3.39. The van der Waals surface area contributed by atoms with E-state index >= 15 is 0 Å². The highest BCUT2D eigenvalue weighted by Gasteiger charge is 2.26. The molecule has 1 amide bonds. The van der Waals surface area contributed by atoms with E-state index in [0.717, 1.165) is 29.8 Å². The molecule has 3 aromatic rings. The normalized spacial score (nSPS) is 14.2. The molecule has 0 atom stereocenters. The summed E-state index contributed by atoms with van der Waals surface area (Å²) >= 11 is 0. The smallest absolute Gasteiger partial charge is 0.291 e. The second-order valence-corrected chi connectivity index (χ2v) is 6.33. The quantitative estimate of drug-likeness (QED) is 0.781. The fraction of sp³-hybridized carbons (Fsp3) is 0.316. The highest BCUT2D eigenvalue weighted by atomic mass is 16.4. The number of oxazole rings is 1. The largest absolute Gasteiger partial charge is 0.436 e. The summed E-state index contributed by atoms with van der Waals surface area (Å²) in [5, 5.41) is 7.65. The summed E-state index contributed by atoms with van der Waals surface area (Å²) in [6.45, 7) is 4.85. The van der Waals surface area contributed by atoms with Gasteiger partial charge in [0.05, 0.1) is 11.4 Å². The van der Waals surface area contributed by atoms with E-state index in [1.54, 1.807) is 6.92 Å². The lowest BCUT2D eigenvalue weighted by Crippen LogP contribution is -2.33. The van der Waals surface area contributed by atoms with Crippen LogP contribution in [0.3, 0.4) is 0 Å². The summed E-state index contributed by atoms with van der Waals surface area (Å²) in [5.74, 6) is 0.790. The average Bonchev–Trinajstić information content (AvgIpc) is 3.11. The Kier molecular flexibility index (Phi) is 3.87. The van der Waals surface area contributed by atoms with Crippen molar-refractivity contribution < 1.29 is 9.21 Å². The van der Waals surface area contributed by atoms with Crippen LogP contribution in [0.2, 0.25) is 0 Å². The van der Waals surface area contributed by atoms with Crippen LogP contribution in [-0.2, 0) is 12.8 Å². The van der Waals surface area contributed by atoms with Crippen molar-refractivity contribution in [2.75, 3.05) is 13.1 Å². The number of aromatic nitrogens is 3. The minimum absolute atomic E-state index is 0.0857. The molecule has 25 heavy (non-hydrogen) atoms. The Bertz CT molecular complexity index is 911. The van der Waals surface area contributed by atoms with Crippen LogP contribution in [0.1, 0.15) is 33.4 Å². The van der Waals surface area contributed by atoms with E-state index in [4.69, 9.17) is 4.42 Å². The average molecular weight is 336 g/mol. The molecule has 0 bridgehead atoms. The third-order valence-corrected chi connectivity index (χ3v) is 4.65. The zero-order valence-corrected chi connectivity index (χ0v) is 14.4. The topological polar surface area (TPSA) is 75.0 Å². The number of carbonyl (C=O) groups excluding carboxylic acids is 1. The van der Waals surface area contributed by atoms with Crippen LogP contribution in [-0.4, -0.2) is 39.1 Å². The van der Waals surface area contributed by atoms with E-state index in [2.05, 4.69) is 27.3 Å². The number of aryl methyl sites for hydroxylation is 2. The Morgan fingerprint density at radius 3 is 2.64 bits per heavy atom. The first-order valence-electron chi connectivity index (χ1n) is 8.48. The van der Waals surface area contributed by atoms with Gasteiger partial charge in [-0.05, 0) is 13.3 Å². The summed E-state index contributed by atoms with van der Waals surface area (Å²) in [4.78, 5) is 18.8. The second kappa shape index (κ2) is 6.20. The fourth-order valence-electron chi connectivity index (χ4n) is 3.39. The number of H-pyrrole nitrogens is 1. The molecule has 0 unspecified atom stereocenters. The Labute approximate surface area is 145 Å². The monoisotopic (exact) mass is 336 g/mol. The van der Waals surface area contributed by atoms with Crippen LogP contribution >= 0.6 is 0 Å². The van der Waals surface area contributed by atoms with Crippen molar-refractivity contribution >= 4 is 5.91 Å². The molecule has 0 fully saturated rings. The van der Waals surface area contributed by atoms with Crippen molar-refractivity contribution in [1.82, 2.24) is 20.1 Å². The van der Waals surface area contributed by atoms with Gasteiger partial charge in [-0.2, -0.15) is 5.10 Å². The van der Waals surface area contributed by atoms with Gasteiger partial charge >= 0.3 is 0 Å². The Hall–Kier alpha value is -2.89. The van der Waals surface area contributed by atoms with Gasteiger partial charge < -0.3 is 9.32 Å². The van der Waals surface area contributed by atoms with Crippen LogP contribution in [0.25, 0.3) is 11.3 Å². The lowest BCUT2D eigenvalue weighted by molar-refractivity contribution is 0.0728. The summed E-state index contributed by atoms with van der Waals surface area (Å²) in [6.07, 6.45) is 1.53. The molecule has 1 aliphatic rings. The number of benzene rings is 1. The molecule has 0 aliphatic carbocycles. The van der Waals surface area contributed by atoms with Gasteiger partial charge in [0.15, 0.2) is 5.89 Å². The number of nitrogens with one attached hydrogen (secondary N) is 1. The predicted molar refractivity (Wildman–Crippen MR) is 93.3 cm³/mol. The number of carbonyl (C=O) groups is 1. The van der Waals surface area contributed by atoms with Crippen LogP contribution in [0.4, 0.5) is 0 Å². The van der Waals surface area contributed by atoms with E-state index in [1.807, 2.05) is 30.0 Å². The highest BCUT2D eigenvalue weighted by molar-refractivity contribution is 5.92. The van der Waals surface area contributed by atoms with Gasteiger partial charge in [0, 0.05) is 43.3 Å². The molecule has 128 valence electrons. The lowest BCUT2D eigenvalue weighted by Gasteiger charge is -2.19. The summed E-state index contributed by atoms with van der Waals surface area (Å²) in [6, 6.07) is 10.1. The molecule has 1 aromatic carbocycles. The van der Waals surface area contributed by atoms with Gasteiger partial charge in [0.1, 0.15) is 0 Å². The van der Waals surface area contributed by atoms with E-state index in [-0.39, 0.29) is 5.91 Å². The molecule has 0 radical (unpaired) electrons. The van der Waals surface area contributed by atoms with Gasteiger partial charge in [-0.15, -0.1) is 0 Å². The summed E-state index contributed by atoms with van der Waals surface area (Å²) in [5.41, 5.74) is 5.04. The van der Waals surface area contributed by atoms with E-state index in [1.165, 1.54) is 5.56 Å². The number of hydrogen-bond donors (Lipinski definition) is 1. The van der Waals surface area contributed by atoms with Gasteiger partial charge in [-0.3, -0.25) is 9.89 Å². The number of rotatable bonds is 2. The lowest BCUT2D eigenvalue weighted by atomic mass is 10.0. The maximum atomic E-state index is 12.8. The minimum Gasteiger partial charge on any atom is -0.436 e. The number of fused-ring (bicyclic) bond motifs is 1. The van der Waals surface area contributed by atoms with Gasteiger partial charge in [-0.1, -0.05) is 30.3 Å². The van der Waals surface area contributed by atoms with Crippen molar-refractivity contribution in [2.45, 2.75) is 26.7 Å². The molecule has 6 nitrogen and oxygen atoms in total. The Balaban J connectivity index is 1.58. The predicted octanol–water partition coefficient (Wildman–Crippen LogP) is 2.92. The molecule has 4 rings (SSSR count). The molecule has 1 aliphatic heterocycles. The third kappa shape index (κ3) is 2.84. The zero-order valence-electron chi connectivity index (χ0n) is 14.4. The Morgan fingerprint density at radius 2 is 1.92 bits per heavy atom. The SMILES string of the molecule is Cc1nc(C)c(C(=O)N2CCc3[nH]nc(-c4ccccc4)c3CC2)o1. The molecule has 6 heteroatoms. The third-order valence-electron chi connectivity index (χ3n) is 4.65. The maximum Gasteiger partial charge on any atom is 0.291 e. The Morgan fingerprint density at radius 1 is 1.16 bits per heavy atom. The van der Waals surface area contributed by atoms with Gasteiger partial charge in [-0.25, -0.2) is 4.98 Å². The first-order valence-corrected chi connectivity index (χ1v) is 8.48. The van der Waals surface area contributed by atoms with E-state index in [0.29, 0.717) is 30.4 Å². The van der Waals surface area contributed by atoms with Crippen LogP contribution in [0, 0.1) is 13.8 Å². The molecular formula is C19H20N4O2. The number of amides is 1. The van der Waals surface area contributed by atoms with Crippen LogP contribution < -0.4 is 0 Å². The molecule has 2 aromatic heterocycles. The molecule has 1 N–H and O–H groups in total. The zero-order chi connectivity index (χ0) is 17.4. The number of aromatic amines is 1. The van der Waals surface area contributed by atoms with E-state index < -0.39 is 0 Å².